The van der Waals surface area contributed by atoms with E-state index in [0.29, 0.717) is 12.8 Å². The fourth-order valence-corrected chi connectivity index (χ4v) is 5.21. The third-order valence-corrected chi connectivity index (χ3v) is 7.02. The van der Waals surface area contributed by atoms with Gasteiger partial charge in [-0.25, -0.2) is 9.59 Å². The van der Waals surface area contributed by atoms with Gasteiger partial charge in [0.25, 0.3) is 0 Å². The molecule has 2 aliphatic rings. The summed E-state index contributed by atoms with van der Waals surface area (Å²) < 4.78 is 10.6. The lowest BCUT2D eigenvalue weighted by Gasteiger charge is -2.31. The molecule has 2 aliphatic carbocycles. The third-order valence-electron chi connectivity index (χ3n) is 7.02. The van der Waals surface area contributed by atoms with Crippen molar-refractivity contribution in [1.29, 1.82) is 0 Å². The van der Waals surface area contributed by atoms with Gasteiger partial charge in [0.1, 0.15) is 6.61 Å². The van der Waals surface area contributed by atoms with E-state index in [2.05, 4.69) is 34.9 Å². The zero-order valence-corrected chi connectivity index (χ0v) is 19.9. The number of amides is 2. The standard InChI is InChI=1S/C27H32N2O6/c1-34-24(26(31)32)14-15-28-25(30)21-12-6-7-13-23(21)29-27(33)35-16-22-19-10-4-2-8-17(19)18-9-3-5-11-20(18)22/h2-5,8-11,21-24H,6-7,12-16H2,1H3,(H,28,30)(H,29,33)(H,31,32)/t21-,23+,24?/m0/s1. The summed E-state index contributed by atoms with van der Waals surface area (Å²) in [5.74, 6) is -1.65. The van der Waals surface area contributed by atoms with E-state index in [1.165, 1.54) is 18.2 Å². The summed E-state index contributed by atoms with van der Waals surface area (Å²) in [6, 6.07) is 16.0. The number of hydrogen-bond donors (Lipinski definition) is 3. The summed E-state index contributed by atoms with van der Waals surface area (Å²) in [4.78, 5) is 36.6. The van der Waals surface area contributed by atoms with E-state index in [0.717, 1.165) is 24.0 Å². The van der Waals surface area contributed by atoms with Gasteiger partial charge in [-0.1, -0.05) is 61.4 Å². The number of carbonyl (C=O) groups excluding carboxylic acids is 2. The van der Waals surface area contributed by atoms with Crippen LogP contribution in [-0.4, -0.2) is 55.5 Å². The smallest absolute Gasteiger partial charge is 0.407 e. The largest absolute Gasteiger partial charge is 0.479 e. The maximum atomic E-state index is 12.8. The zero-order chi connectivity index (χ0) is 24.8. The molecule has 3 atom stereocenters. The van der Waals surface area contributed by atoms with Crippen LogP contribution in [0.3, 0.4) is 0 Å². The second kappa shape index (κ2) is 11.4. The van der Waals surface area contributed by atoms with Gasteiger partial charge in [-0.3, -0.25) is 4.79 Å². The summed E-state index contributed by atoms with van der Waals surface area (Å²) in [5, 5.41) is 14.8. The van der Waals surface area contributed by atoms with Crippen LogP contribution in [0.5, 0.6) is 0 Å². The Balaban J connectivity index is 1.32. The Kier molecular flexibility index (Phi) is 8.02. The molecule has 0 spiro atoms. The molecule has 1 saturated carbocycles. The number of carbonyl (C=O) groups is 3. The molecule has 0 aromatic heterocycles. The number of carboxylic acid groups (broad SMARTS) is 1. The van der Waals surface area contributed by atoms with Crippen molar-refractivity contribution in [3.63, 3.8) is 0 Å². The van der Waals surface area contributed by atoms with E-state index < -0.39 is 18.2 Å². The van der Waals surface area contributed by atoms with Gasteiger partial charge in [-0.2, -0.15) is 0 Å². The summed E-state index contributed by atoms with van der Waals surface area (Å²) in [7, 11) is 1.33. The van der Waals surface area contributed by atoms with E-state index in [1.54, 1.807) is 0 Å². The zero-order valence-electron chi connectivity index (χ0n) is 19.9. The average Bonchev–Trinajstić information content (AvgIpc) is 3.19. The average molecular weight is 481 g/mol. The van der Waals surface area contributed by atoms with Crippen molar-refractivity contribution >= 4 is 18.0 Å². The van der Waals surface area contributed by atoms with Crippen LogP contribution in [-0.2, 0) is 19.1 Å². The topological polar surface area (TPSA) is 114 Å². The summed E-state index contributed by atoms with van der Waals surface area (Å²) in [5.41, 5.74) is 4.62. The molecule has 8 heteroatoms. The highest BCUT2D eigenvalue weighted by atomic mass is 16.5. The summed E-state index contributed by atoms with van der Waals surface area (Å²) in [6.07, 6.45) is 1.86. The molecular weight excluding hydrogens is 448 g/mol. The van der Waals surface area contributed by atoms with Gasteiger partial charge in [0.15, 0.2) is 6.10 Å². The minimum atomic E-state index is -1.06. The van der Waals surface area contributed by atoms with Crippen molar-refractivity contribution in [2.75, 3.05) is 20.3 Å². The Morgan fingerprint density at radius 3 is 2.26 bits per heavy atom. The van der Waals surface area contributed by atoms with Gasteiger partial charge in [0.2, 0.25) is 5.91 Å². The molecule has 4 rings (SSSR count). The molecule has 2 amide bonds. The molecular formula is C27H32N2O6. The SMILES string of the molecule is COC(CCNC(=O)[C@H]1CCCC[C@H]1NC(=O)OCC1c2ccccc2-c2ccccc21)C(=O)O. The minimum absolute atomic E-state index is 0.0263. The van der Waals surface area contributed by atoms with Gasteiger partial charge < -0.3 is 25.2 Å². The first-order chi connectivity index (χ1) is 17.0. The quantitative estimate of drug-likeness (QED) is 0.504. The molecule has 0 heterocycles. The first kappa shape index (κ1) is 24.7. The lowest BCUT2D eigenvalue weighted by molar-refractivity contribution is -0.149. The van der Waals surface area contributed by atoms with E-state index in [-0.39, 0.29) is 43.4 Å². The highest BCUT2D eigenvalue weighted by Gasteiger charge is 2.33. The van der Waals surface area contributed by atoms with Crippen LogP contribution in [0.15, 0.2) is 48.5 Å². The van der Waals surface area contributed by atoms with Crippen LogP contribution in [0.1, 0.15) is 49.1 Å². The summed E-state index contributed by atoms with van der Waals surface area (Å²) in [6.45, 7) is 0.412. The Morgan fingerprint density at radius 2 is 1.63 bits per heavy atom. The second-order valence-electron chi connectivity index (χ2n) is 9.11. The number of carboxylic acids is 1. The molecule has 3 N–H and O–H groups in total. The number of methoxy groups -OCH3 is 1. The van der Waals surface area contributed by atoms with Crippen molar-refractivity contribution in [2.45, 2.75) is 50.2 Å². The number of nitrogens with one attached hydrogen (secondary N) is 2. The van der Waals surface area contributed by atoms with E-state index >= 15 is 0 Å². The molecule has 0 bridgehead atoms. The number of rotatable bonds is 9. The molecule has 8 nitrogen and oxygen atoms in total. The van der Waals surface area contributed by atoms with Crippen LogP contribution < -0.4 is 10.6 Å². The van der Waals surface area contributed by atoms with E-state index in [1.807, 2.05) is 24.3 Å². The van der Waals surface area contributed by atoms with Gasteiger partial charge in [0.05, 0.1) is 5.92 Å². The van der Waals surface area contributed by atoms with Crippen molar-refractivity contribution in [3.05, 3.63) is 59.7 Å². The van der Waals surface area contributed by atoms with Crippen molar-refractivity contribution in [2.24, 2.45) is 5.92 Å². The Bertz CT molecular complexity index is 1030. The van der Waals surface area contributed by atoms with Crippen molar-refractivity contribution in [3.8, 4) is 11.1 Å². The fourth-order valence-electron chi connectivity index (χ4n) is 5.21. The van der Waals surface area contributed by atoms with Crippen molar-refractivity contribution in [1.82, 2.24) is 10.6 Å². The van der Waals surface area contributed by atoms with Gasteiger partial charge in [-0.15, -0.1) is 0 Å². The molecule has 1 fully saturated rings. The number of fused-ring (bicyclic) bond motifs is 3. The third kappa shape index (κ3) is 5.65. The van der Waals surface area contributed by atoms with Crippen LogP contribution >= 0.6 is 0 Å². The Morgan fingerprint density at radius 1 is 1.00 bits per heavy atom. The lowest BCUT2D eigenvalue weighted by atomic mass is 9.84. The monoisotopic (exact) mass is 480 g/mol. The Labute approximate surface area is 205 Å². The predicted molar refractivity (Wildman–Crippen MR) is 130 cm³/mol. The van der Waals surface area contributed by atoms with Crippen molar-refractivity contribution < 1.29 is 29.0 Å². The molecule has 2 aromatic rings. The molecule has 35 heavy (non-hydrogen) atoms. The van der Waals surface area contributed by atoms with Gasteiger partial charge in [-0.05, 0) is 35.1 Å². The summed E-state index contributed by atoms with van der Waals surface area (Å²) >= 11 is 0. The first-order valence-corrected chi connectivity index (χ1v) is 12.1. The second-order valence-corrected chi connectivity index (χ2v) is 9.11. The Hall–Kier alpha value is -3.39. The number of aliphatic carboxylic acids is 1. The number of alkyl carbamates (subject to hydrolysis) is 1. The van der Waals surface area contributed by atoms with Crippen LogP contribution in [0.25, 0.3) is 11.1 Å². The molecule has 0 saturated heterocycles. The van der Waals surface area contributed by atoms with Gasteiger partial charge >= 0.3 is 12.1 Å². The normalized spacial score (nSPS) is 19.8. The molecule has 186 valence electrons. The predicted octanol–water partition coefficient (Wildman–Crippen LogP) is 3.69. The maximum Gasteiger partial charge on any atom is 0.407 e. The number of benzene rings is 2. The van der Waals surface area contributed by atoms with E-state index in [9.17, 15) is 14.4 Å². The molecule has 1 unspecified atom stereocenters. The number of hydrogen-bond acceptors (Lipinski definition) is 5. The van der Waals surface area contributed by atoms with Crippen LogP contribution in [0.4, 0.5) is 4.79 Å². The van der Waals surface area contributed by atoms with Crippen LogP contribution in [0, 0.1) is 5.92 Å². The maximum absolute atomic E-state index is 12.8. The molecule has 2 aromatic carbocycles. The minimum Gasteiger partial charge on any atom is -0.479 e. The first-order valence-electron chi connectivity index (χ1n) is 12.1. The lowest BCUT2D eigenvalue weighted by Crippen LogP contribution is -2.49. The van der Waals surface area contributed by atoms with E-state index in [4.69, 9.17) is 14.6 Å². The highest BCUT2D eigenvalue weighted by molar-refractivity contribution is 5.81. The van der Waals surface area contributed by atoms with Crippen LogP contribution in [0.2, 0.25) is 0 Å². The number of ether oxygens (including phenoxy) is 2. The fraction of sp³-hybridized carbons (Fsp3) is 0.444. The molecule has 0 aliphatic heterocycles. The van der Waals surface area contributed by atoms with Gasteiger partial charge in [0, 0.05) is 32.0 Å². The highest BCUT2D eigenvalue weighted by Crippen LogP contribution is 2.44. The molecule has 0 radical (unpaired) electrons.